The fourth-order valence-corrected chi connectivity index (χ4v) is 4.66. The lowest BCUT2D eigenvalue weighted by Crippen LogP contribution is -2.16. The van der Waals surface area contributed by atoms with Crippen molar-refractivity contribution in [2.24, 2.45) is 0 Å². The van der Waals surface area contributed by atoms with Crippen molar-refractivity contribution in [1.82, 2.24) is 9.97 Å². The molecule has 198 valence electrons. The van der Waals surface area contributed by atoms with Crippen LogP contribution in [0.25, 0.3) is 0 Å². The molecule has 10 heteroatoms. The summed E-state index contributed by atoms with van der Waals surface area (Å²) in [7, 11) is -3.90. The summed E-state index contributed by atoms with van der Waals surface area (Å²) in [6, 6.07) is 18.7. The second-order valence-corrected chi connectivity index (χ2v) is 10.7. The third-order valence-corrected chi connectivity index (χ3v) is 7.30. The number of ether oxygens (including phenoxy) is 1. The lowest BCUT2D eigenvalue weighted by atomic mass is 9.99. The number of amides is 1. The van der Waals surface area contributed by atoms with Crippen LogP contribution in [0.2, 0.25) is 0 Å². The van der Waals surface area contributed by atoms with Crippen LogP contribution in [-0.2, 0) is 16.6 Å². The number of hydrogen-bond acceptors (Lipinski definition) is 7. The third-order valence-electron chi connectivity index (χ3n) is 5.96. The number of carbonyl (C=O) groups excluding carboxylic acids is 1. The van der Waals surface area contributed by atoms with Crippen molar-refractivity contribution < 1.29 is 22.4 Å². The van der Waals surface area contributed by atoms with Crippen molar-refractivity contribution in [2.45, 2.75) is 51.5 Å². The van der Waals surface area contributed by atoms with Crippen LogP contribution >= 0.6 is 0 Å². The zero-order valence-corrected chi connectivity index (χ0v) is 22.5. The van der Waals surface area contributed by atoms with Gasteiger partial charge in [0.2, 0.25) is 5.95 Å². The van der Waals surface area contributed by atoms with Gasteiger partial charge in [0, 0.05) is 17.1 Å². The standard InChI is InChI=1S/C28H30N4O5S/c1-5-18(2)21-6-10-23(11-7-21)36-17-24-12-15-26(37-24)27(33)31-22-8-13-25(14-9-22)38(34,35)32-28-29-19(3)16-20(4)30-28/h6-16,18H,5,17H2,1-4H3,(H,31,33)(H,29,30,32). The van der Waals surface area contributed by atoms with Crippen LogP contribution in [-0.4, -0.2) is 24.3 Å². The van der Waals surface area contributed by atoms with Crippen molar-refractivity contribution in [1.29, 1.82) is 0 Å². The fraction of sp³-hybridized carbons (Fsp3) is 0.250. The first kappa shape index (κ1) is 26.9. The Hall–Kier alpha value is -4.18. The van der Waals surface area contributed by atoms with E-state index in [2.05, 4.69) is 33.9 Å². The summed E-state index contributed by atoms with van der Waals surface area (Å²) in [6.45, 7) is 8.03. The van der Waals surface area contributed by atoms with Gasteiger partial charge in [0.1, 0.15) is 18.1 Å². The van der Waals surface area contributed by atoms with Gasteiger partial charge in [-0.25, -0.2) is 23.1 Å². The molecule has 2 aromatic carbocycles. The monoisotopic (exact) mass is 534 g/mol. The van der Waals surface area contributed by atoms with Crippen molar-refractivity contribution in [3.8, 4) is 5.75 Å². The maximum atomic E-state index is 12.7. The molecule has 4 aromatic rings. The van der Waals surface area contributed by atoms with Crippen molar-refractivity contribution >= 4 is 27.6 Å². The smallest absolute Gasteiger partial charge is 0.291 e. The van der Waals surface area contributed by atoms with E-state index in [1.807, 2.05) is 24.3 Å². The van der Waals surface area contributed by atoms with E-state index in [-0.39, 0.29) is 23.2 Å². The van der Waals surface area contributed by atoms with Crippen LogP contribution in [0.4, 0.5) is 11.6 Å². The first-order valence-electron chi connectivity index (χ1n) is 12.2. The molecule has 0 spiro atoms. The molecule has 0 fully saturated rings. The van der Waals surface area contributed by atoms with Gasteiger partial charge in [-0.15, -0.1) is 0 Å². The van der Waals surface area contributed by atoms with E-state index in [0.29, 0.717) is 34.5 Å². The van der Waals surface area contributed by atoms with E-state index in [9.17, 15) is 13.2 Å². The van der Waals surface area contributed by atoms with Crippen LogP contribution in [0.3, 0.4) is 0 Å². The molecule has 1 unspecified atom stereocenters. The molecule has 4 rings (SSSR count). The molecule has 2 aromatic heterocycles. The Morgan fingerprint density at radius 3 is 2.26 bits per heavy atom. The molecular formula is C28H30N4O5S. The van der Waals surface area contributed by atoms with E-state index in [1.165, 1.54) is 29.8 Å². The highest BCUT2D eigenvalue weighted by molar-refractivity contribution is 7.92. The summed E-state index contributed by atoms with van der Waals surface area (Å²) in [5, 5.41) is 2.70. The van der Waals surface area contributed by atoms with E-state index >= 15 is 0 Å². The average Bonchev–Trinajstić information content (AvgIpc) is 3.36. The lowest BCUT2D eigenvalue weighted by molar-refractivity contribution is 0.0992. The van der Waals surface area contributed by atoms with Gasteiger partial charge in [0.25, 0.3) is 15.9 Å². The molecule has 0 aliphatic rings. The second kappa shape index (κ2) is 11.5. The van der Waals surface area contributed by atoms with Crippen LogP contribution in [0.15, 0.2) is 76.0 Å². The Morgan fingerprint density at radius 1 is 0.974 bits per heavy atom. The van der Waals surface area contributed by atoms with Gasteiger partial charge in [0.05, 0.1) is 4.90 Å². The quantitative estimate of drug-likeness (QED) is 0.262. The molecule has 9 nitrogen and oxygen atoms in total. The predicted molar refractivity (Wildman–Crippen MR) is 145 cm³/mol. The Kier molecular flexibility index (Phi) is 8.11. The number of aryl methyl sites for hydroxylation is 2. The SMILES string of the molecule is CCC(C)c1ccc(OCc2ccc(C(=O)Nc3ccc(S(=O)(=O)Nc4nc(C)cc(C)n4)cc3)o2)cc1. The van der Waals surface area contributed by atoms with Gasteiger partial charge in [-0.1, -0.05) is 26.0 Å². The maximum absolute atomic E-state index is 12.7. The molecule has 1 amide bonds. The zero-order valence-electron chi connectivity index (χ0n) is 21.7. The second-order valence-electron chi connectivity index (χ2n) is 8.99. The van der Waals surface area contributed by atoms with Gasteiger partial charge in [-0.05, 0) is 86.3 Å². The Labute approximate surface area is 222 Å². The minimum absolute atomic E-state index is 0.000545. The Bertz CT molecular complexity index is 1490. The highest BCUT2D eigenvalue weighted by atomic mass is 32.2. The molecule has 0 aliphatic heterocycles. The highest BCUT2D eigenvalue weighted by Gasteiger charge is 2.17. The fourth-order valence-electron chi connectivity index (χ4n) is 3.72. The number of benzene rings is 2. The Morgan fingerprint density at radius 2 is 1.63 bits per heavy atom. The van der Waals surface area contributed by atoms with E-state index in [0.717, 1.165) is 6.42 Å². The summed E-state index contributed by atoms with van der Waals surface area (Å²) < 4.78 is 39.2. The number of carbonyl (C=O) groups is 1. The van der Waals surface area contributed by atoms with Crippen LogP contribution < -0.4 is 14.8 Å². The van der Waals surface area contributed by atoms with Crippen molar-refractivity contribution in [3.63, 3.8) is 0 Å². The molecule has 2 heterocycles. The third kappa shape index (κ3) is 6.77. The summed E-state index contributed by atoms with van der Waals surface area (Å²) >= 11 is 0. The van der Waals surface area contributed by atoms with Gasteiger partial charge in [-0.2, -0.15) is 0 Å². The van der Waals surface area contributed by atoms with E-state index in [4.69, 9.17) is 9.15 Å². The molecule has 1 atom stereocenters. The lowest BCUT2D eigenvalue weighted by Gasteiger charge is -2.10. The molecule has 0 saturated carbocycles. The van der Waals surface area contributed by atoms with Gasteiger partial charge in [-0.3, -0.25) is 4.79 Å². The first-order valence-corrected chi connectivity index (χ1v) is 13.7. The summed E-state index contributed by atoms with van der Waals surface area (Å²) in [5.74, 6) is 1.36. The maximum Gasteiger partial charge on any atom is 0.291 e. The van der Waals surface area contributed by atoms with Crippen molar-refractivity contribution in [3.05, 3.63) is 95.2 Å². The number of sulfonamides is 1. The summed E-state index contributed by atoms with van der Waals surface area (Å²) in [4.78, 5) is 20.8. The molecular weight excluding hydrogens is 504 g/mol. The van der Waals surface area contributed by atoms with E-state index in [1.54, 1.807) is 32.0 Å². The number of anilines is 2. The van der Waals surface area contributed by atoms with Gasteiger partial charge in [0.15, 0.2) is 5.76 Å². The summed E-state index contributed by atoms with van der Waals surface area (Å²) in [5.41, 5.74) is 2.97. The van der Waals surface area contributed by atoms with Crippen LogP contribution in [0.5, 0.6) is 5.75 Å². The number of nitrogens with zero attached hydrogens (tertiary/aromatic N) is 2. The number of rotatable bonds is 10. The predicted octanol–water partition coefficient (Wildman–Crippen LogP) is 5.83. The molecule has 0 radical (unpaired) electrons. The van der Waals surface area contributed by atoms with Crippen LogP contribution in [0, 0.1) is 13.8 Å². The molecule has 0 aliphatic carbocycles. The minimum atomic E-state index is -3.90. The molecule has 2 N–H and O–H groups in total. The van der Waals surface area contributed by atoms with Gasteiger partial charge < -0.3 is 14.5 Å². The van der Waals surface area contributed by atoms with Gasteiger partial charge >= 0.3 is 0 Å². The van der Waals surface area contributed by atoms with Crippen LogP contribution in [0.1, 0.15) is 59.5 Å². The number of aromatic nitrogens is 2. The molecule has 0 bridgehead atoms. The first-order chi connectivity index (χ1) is 18.1. The largest absolute Gasteiger partial charge is 0.486 e. The van der Waals surface area contributed by atoms with Crippen molar-refractivity contribution in [2.75, 3.05) is 10.0 Å². The molecule has 0 saturated heterocycles. The normalized spacial score (nSPS) is 12.1. The minimum Gasteiger partial charge on any atom is -0.486 e. The summed E-state index contributed by atoms with van der Waals surface area (Å²) in [6.07, 6.45) is 1.07. The number of nitrogens with one attached hydrogen (secondary N) is 2. The Balaban J connectivity index is 1.33. The highest BCUT2D eigenvalue weighted by Crippen LogP contribution is 2.23. The van der Waals surface area contributed by atoms with E-state index < -0.39 is 15.9 Å². The molecule has 38 heavy (non-hydrogen) atoms. The number of hydrogen-bond donors (Lipinski definition) is 2. The number of furan rings is 1. The zero-order chi connectivity index (χ0) is 27.3. The average molecular weight is 535 g/mol. The topological polar surface area (TPSA) is 123 Å².